The minimum absolute atomic E-state index is 0.286. The van der Waals surface area contributed by atoms with Gasteiger partial charge in [-0.05, 0) is 35.9 Å². The summed E-state index contributed by atoms with van der Waals surface area (Å²) in [5.41, 5.74) is 0.374. The van der Waals surface area contributed by atoms with Crippen molar-refractivity contribution in [1.82, 2.24) is 9.80 Å². The first-order chi connectivity index (χ1) is 12.5. The Morgan fingerprint density at radius 3 is 2.19 bits per heavy atom. The second kappa shape index (κ2) is 7.58. The highest BCUT2D eigenvalue weighted by Gasteiger charge is 2.28. The van der Waals surface area contributed by atoms with Gasteiger partial charge in [-0.3, -0.25) is 9.69 Å². The Morgan fingerprint density at radius 1 is 0.962 bits per heavy atom. The van der Waals surface area contributed by atoms with E-state index in [9.17, 15) is 23.2 Å². The Hall–Kier alpha value is -2.85. The second-order valence-corrected chi connectivity index (χ2v) is 6.04. The Balaban J connectivity index is 1.68. The van der Waals surface area contributed by atoms with Gasteiger partial charge >= 0.3 is 0 Å². The van der Waals surface area contributed by atoms with Gasteiger partial charge in [-0.15, -0.1) is 0 Å². The lowest BCUT2D eigenvalue weighted by molar-refractivity contribution is 0.0601. The third-order valence-corrected chi connectivity index (χ3v) is 4.43. The van der Waals surface area contributed by atoms with Crippen LogP contribution < -0.4 is 0 Å². The Morgan fingerprint density at radius 2 is 1.58 bits per heavy atom. The largest absolute Gasteiger partial charge is 0.336 e. The summed E-state index contributed by atoms with van der Waals surface area (Å²) < 4.78 is 40.1. The van der Waals surface area contributed by atoms with E-state index in [0.29, 0.717) is 18.7 Å². The average Bonchev–Trinajstić information content (AvgIpc) is 2.66. The van der Waals surface area contributed by atoms with Gasteiger partial charge in [-0.25, -0.2) is 13.2 Å². The molecule has 2 aromatic rings. The highest BCUT2D eigenvalue weighted by Crippen LogP contribution is 2.23. The van der Waals surface area contributed by atoms with Gasteiger partial charge in [0.1, 0.15) is 23.5 Å². The van der Waals surface area contributed by atoms with Crippen LogP contribution in [0.15, 0.2) is 42.5 Å². The molecule has 0 bridgehead atoms. The molecule has 0 N–H and O–H groups in total. The molecule has 0 saturated carbocycles. The number of carbonyl (C=O) groups is 1. The molecule has 0 spiro atoms. The maximum Gasteiger partial charge on any atom is 0.257 e. The fraction of sp³-hybridized carbons (Fsp3) is 0.263. The van der Waals surface area contributed by atoms with Crippen LogP contribution in [-0.2, 0) is 0 Å². The first kappa shape index (κ1) is 18.0. The van der Waals surface area contributed by atoms with Crippen molar-refractivity contribution >= 4 is 5.91 Å². The van der Waals surface area contributed by atoms with Gasteiger partial charge < -0.3 is 4.90 Å². The molecular weight excluding hydrogens is 343 g/mol. The number of halogens is 3. The molecule has 134 valence electrons. The minimum Gasteiger partial charge on any atom is -0.336 e. The van der Waals surface area contributed by atoms with E-state index >= 15 is 0 Å². The second-order valence-electron chi connectivity index (χ2n) is 6.04. The molecular formula is C19H16F3N3O. The molecule has 7 heteroatoms. The monoisotopic (exact) mass is 359 g/mol. The highest BCUT2D eigenvalue weighted by atomic mass is 19.1. The zero-order valence-corrected chi connectivity index (χ0v) is 13.8. The summed E-state index contributed by atoms with van der Waals surface area (Å²) >= 11 is 0. The van der Waals surface area contributed by atoms with Crippen molar-refractivity contribution < 1.29 is 18.0 Å². The summed E-state index contributed by atoms with van der Waals surface area (Å²) in [7, 11) is 0. The van der Waals surface area contributed by atoms with Crippen molar-refractivity contribution in [1.29, 1.82) is 5.26 Å². The first-order valence-corrected chi connectivity index (χ1v) is 8.13. The van der Waals surface area contributed by atoms with E-state index in [1.807, 2.05) is 4.90 Å². The van der Waals surface area contributed by atoms with Crippen LogP contribution in [0.3, 0.4) is 0 Å². The summed E-state index contributed by atoms with van der Waals surface area (Å²) in [6.45, 7) is 1.37. The van der Waals surface area contributed by atoms with Gasteiger partial charge in [-0.1, -0.05) is 12.1 Å². The Labute approximate surface area is 149 Å². The van der Waals surface area contributed by atoms with Gasteiger partial charge in [-0.2, -0.15) is 5.26 Å². The molecule has 1 aliphatic rings. The van der Waals surface area contributed by atoms with Crippen LogP contribution in [0, 0.1) is 28.8 Å². The standard InChI is InChI=1S/C19H16F3N3O/c20-14-3-1-13(2-4-14)18(12-23)24-7-9-25(10-8-24)19(26)16-11-15(21)5-6-17(16)22/h1-6,11,18H,7-10H2. The third kappa shape index (κ3) is 3.70. The number of rotatable bonds is 3. The van der Waals surface area contributed by atoms with Gasteiger partial charge in [0.2, 0.25) is 0 Å². The van der Waals surface area contributed by atoms with Gasteiger partial charge in [0, 0.05) is 26.2 Å². The predicted molar refractivity (Wildman–Crippen MR) is 88.6 cm³/mol. The summed E-state index contributed by atoms with van der Waals surface area (Å²) in [5.74, 6) is -2.39. The molecule has 0 aromatic heterocycles. The summed E-state index contributed by atoms with van der Waals surface area (Å²) in [6.07, 6.45) is 0. The van der Waals surface area contributed by atoms with Crippen LogP contribution >= 0.6 is 0 Å². The van der Waals surface area contributed by atoms with E-state index in [1.165, 1.54) is 17.0 Å². The maximum atomic E-state index is 13.8. The maximum absolute atomic E-state index is 13.8. The number of hydrogen-bond donors (Lipinski definition) is 0. The third-order valence-electron chi connectivity index (χ3n) is 4.43. The molecule has 1 atom stereocenters. The van der Waals surface area contributed by atoms with Crippen LogP contribution in [0.25, 0.3) is 0 Å². The molecule has 26 heavy (non-hydrogen) atoms. The first-order valence-electron chi connectivity index (χ1n) is 8.13. The van der Waals surface area contributed by atoms with Crippen molar-refractivity contribution in [2.45, 2.75) is 6.04 Å². The summed E-state index contributed by atoms with van der Waals surface area (Å²) in [6, 6.07) is 10.1. The van der Waals surface area contributed by atoms with Crippen molar-refractivity contribution in [2.24, 2.45) is 0 Å². The Bertz CT molecular complexity index is 840. The molecule has 3 rings (SSSR count). The molecule has 1 heterocycles. The lowest BCUT2D eigenvalue weighted by atomic mass is 10.1. The molecule has 1 fully saturated rings. The topological polar surface area (TPSA) is 47.3 Å². The molecule has 1 unspecified atom stereocenters. The fourth-order valence-corrected chi connectivity index (χ4v) is 3.03. The number of amides is 1. The van der Waals surface area contributed by atoms with Crippen LogP contribution in [0.2, 0.25) is 0 Å². The quantitative estimate of drug-likeness (QED) is 0.846. The molecule has 0 aliphatic carbocycles. The van der Waals surface area contributed by atoms with E-state index in [0.717, 1.165) is 18.2 Å². The minimum atomic E-state index is -0.764. The molecule has 4 nitrogen and oxygen atoms in total. The smallest absolute Gasteiger partial charge is 0.257 e. The lowest BCUT2D eigenvalue weighted by Crippen LogP contribution is -2.49. The highest BCUT2D eigenvalue weighted by molar-refractivity contribution is 5.94. The lowest BCUT2D eigenvalue weighted by Gasteiger charge is -2.37. The SMILES string of the molecule is N#CC(c1ccc(F)cc1)N1CCN(C(=O)c2cc(F)ccc2F)CC1. The zero-order chi connectivity index (χ0) is 18.7. The zero-order valence-electron chi connectivity index (χ0n) is 13.8. The van der Waals surface area contributed by atoms with E-state index < -0.39 is 23.6 Å². The van der Waals surface area contributed by atoms with Gasteiger partial charge in [0.05, 0.1) is 11.6 Å². The van der Waals surface area contributed by atoms with Gasteiger partial charge in [0.15, 0.2) is 0 Å². The molecule has 1 aliphatic heterocycles. The van der Waals surface area contributed by atoms with Crippen molar-refractivity contribution in [2.75, 3.05) is 26.2 Å². The number of hydrogen-bond acceptors (Lipinski definition) is 3. The number of carbonyl (C=O) groups excluding carboxylic acids is 1. The summed E-state index contributed by atoms with van der Waals surface area (Å²) in [5, 5.41) is 9.46. The normalized spacial score (nSPS) is 16.2. The number of piperazine rings is 1. The fourth-order valence-electron chi connectivity index (χ4n) is 3.03. The van der Waals surface area contributed by atoms with Crippen LogP contribution in [0.4, 0.5) is 13.2 Å². The number of nitrogens with zero attached hydrogens (tertiary/aromatic N) is 3. The Kier molecular flexibility index (Phi) is 5.24. The molecule has 1 saturated heterocycles. The van der Waals surface area contributed by atoms with Crippen molar-refractivity contribution in [3.63, 3.8) is 0 Å². The summed E-state index contributed by atoms with van der Waals surface area (Å²) in [4.78, 5) is 15.7. The molecule has 2 aromatic carbocycles. The van der Waals surface area contributed by atoms with E-state index in [-0.39, 0.29) is 24.5 Å². The molecule has 0 radical (unpaired) electrons. The van der Waals surface area contributed by atoms with Crippen LogP contribution in [-0.4, -0.2) is 41.9 Å². The van der Waals surface area contributed by atoms with Gasteiger partial charge in [0.25, 0.3) is 5.91 Å². The van der Waals surface area contributed by atoms with Crippen LogP contribution in [0.1, 0.15) is 22.0 Å². The average molecular weight is 359 g/mol. The number of nitriles is 1. The van der Waals surface area contributed by atoms with E-state index in [4.69, 9.17) is 0 Å². The van der Waals surface area contributed by atoms with E-state index in [2.05, 4.69) is 6.07 Å². The number of benzene rings is 2. The van der Waals surface area contributed by atoms with E-state index in [1.54, 1.807) is 12.1 Å². The van der Waals surface area contributed by atoms with Crippen LogP contribution in [0.5, 0.6) is 0 Å². The van der Waals surface area contributed by atoms with Crippen molar-refractivity contribution in [3.05, 3.63) is 71.0 Å². The molecule has 1 amide bonds. The van der Waals surface area contributed by atoms with Crippen molar-refractivity contribution in [3.8, 4) is 6.07 Å². The predicted octanol–water partition coefficient (Wildman–Crippen LogP) is 3.13.